The van der Waals surface area contributed by atoms with Gasteiger partial charge in [-0.25, -0.2) is 4.79 Å². The summed E-state index contributed by atoms with van der Waals surface area (Å²) in [4.78, 5) is 13.9. The number of likely N-dealkylation sites (N-methyl/N-ethyl adjacent to an activating group) is 1. The molecule has 1 aromatic rings. The number of hydrogen-bond donors (Lipinski definition) is 0. The van der Waals surface area contributed by atoms with Gasteiger partial charge >= 0.3 is 5.97 Å². The Hall–Kier alpha value is -1.65. The zero-order chi connectivity index (χ0) is 18.9. The van der Waals surface area contributed by atoms with Gasteiger partial charge < -0.3 is 14.4 Å². The van der Waals surface area contributed by atoms with Crippen molar-refractivity contribution in [3.63, 3.8) is 0 Å². The third-order valence-corrected chi connectivity index (χ3v) is 4.88. The largest absolute Gasteiger partial charge is 0.423 e. The highest BCUT2D eigenvalue weighted by atomic mass is 16.5. The van der Waals surface area contributed by atoms with Crippen LogP contribution in [-0.4, -0.2) is 44.2 Å². The van der Waals surface area contributed by atoms with Crippen LogP contribution < -0.4 is 4.74 Å². The zero-order valence-electron chi connectivity index (χ0n) is 16.5. The van der Waals surface area contributed by atoms with Gasteiger partial charge in [0.15, 0.2) is 0 Å². The van der Waals surface area contributed by atoms with E-state index in [1.54, 1.807) is 0 Å². The molecule has 2 rings (SSSR count). The maximum atomic E-state index is 12.0. The number of rotatable bonds is 9. The average molecular weight is 360 g/mol. The molecule has 4 nitrogen and oxygen atoms in total. The first-order valence-corrected chi connectivity index (χ1v) is 9.75. The lowest BCUT2D eigenvalue weighted by Crippen LogP contribution is -2.22. The summed E-state index contributed by atoms with van der Waals surface area (Å²) in [5, 5.41) is 0. The van der Waals surface area contributed by atoms with E-state index in [0.717, 1.165) is 38.7 Å². The molecule has 1 aliphatic carbocycles. The molecule has 0 spiro atoms. The Kier molecular flexibility index (Phi) is 8.33. The van der Waals surface area contributed by atoms with Crippen LogP contribution in [0.2, 0.25) is 0 Å². The van der Waals surface area contributed by atoms with Crippen LogP contribution >= 0.6 is 0 Å². The predicted molar refractivity (Wildman–Crippen MR) is 106 cm³/mol. The van der Waals surface area contributed by atoms with Gasteiger partial charge in [0.1, 0.15) is 5.75 Å². The molecule has 1 aliphatic rings. The fourth-order valence-electron chi connectivity index (χ4n) is 3.39. The number of esters is 1. The molecule has 1 saturated carbocycles. The Morgan fingerprint density at radius 2 is 1.81 bits per heavy atom. The molecule has 0 atom stereocenters. The van der Waals surface area contributed by atoms with Gasteiger partial charge in [-0.3, -0.25) is 0 Å². The maximum absolute atomic E-state index is 12.0. The lowest BCUT2D eigenvalue weighted by atomic mass is 9.83. The number of carbonyl (C=O) groups is 1. The molecule has 4 heteroatoms. The number of benzene rings is 1. The van der Waals surface area contributed by atoms with Crippen molar-refractivity contribution in [1.82, 2.24) is 4.90 Å². The molecule has 0 radical (unpaired) electrons. The second kappa shape index (κ2) is 10.5. The highest BCUT2D eigenvalue weighted by Crippen LogP contribution is 2.34. The predicted octanol–water partition coefficient (Wildman–Crippen LogP) is 4.55. The van der Waals surface area contributed by atoms with Gasteiger partial charge in [-0.05, 0) is 69.8 Å². The highest BCUT2D eigenvalue weighted by Gasteiger charge is 2.22. The van der Waals surface area contributed by atoms with Crippen molar-refractivity contribution in [1.29, 1.82) is 0 Å². The summed E-state index contributed by atoms with van der Waals surface area (Å²) in [6.45, 7) is 7.38. The SMILES string of the molecule is C=C(CN(C)C)C(=O)Oc1ccc(C2CCC(OCCCC)CC2)cc1. The number of carbonyl (C=O) groups excluding carboxylic acids is 1. The van der Waals surface area contributed by atoms with Gasteiger partial charge in [-0.15, -0.1) is 0 Å². The Bertz CT molecular complexity index is 572. The van der Waals surface area contributed by atoms with Crippen LogP contribution in [0.25, 0.3) is 0 Å². The van der Waals surface area contributed by atoms with Crippen LogP contribution in [0.1, 0.15) is 56.9 Å². The van der Waals surface area contributed by atoms with Gasteiger partial charge in [-0.1, -0.05) is 32.1 Å². The summed E-state index contributed by atoms with van der Waals surface area (Å²) in [7, 11) is 3.80. The minimum Gasteiger partial charge on any atom is -0.423 e. The van der Waals surface area contributed by atoms with E-state index in [1.807, 2.05) is 31.1 Å². The number of nitrogens with zero attached hydrogens (tertiary/aromatic N) is 1. The van der Waals surface area contributed by atoms with Crippen LogP contribution in [0.5, 0.6) is 5.75 Å². The van der Waals surface area contributed by atoms with Crippen LogP contribution in [0, 0.1) is 0 Å². The molecule has 0 heterocycles. The molecule has 0 N–H and O–H groups in total. The quantitative estimate of drug-likeness (QED) is 0.281. The summed E-state index contributed by atoms with van der Waals surface area (Å²) in [6.07, 6.45) is 7.37. The van der Waals surface area contributed by atoms with E-state index in [4.69, 9.17) is 9.47 Å². The lowest BCUT2D eigenvalue weighted by molar-refractivity contribution is -0.130. The lowest BCUT2D eigenvalue weighted by Gasteiger charge is -2.29. The number of unbranched alkanes of at least 4 members (excludes halogenated alkanes) is 1. The normalized spacial score (nSPS) is 20.2. The number of ether oxygens (including phenoxy) is 2. The van der Waals surface area contributed by atoms with Gasteiger partial charge in [0.05, 0.1) is 6.10 Å². The van der Waals surface area contributed by atoms with E-state index >= 15 is 0 Å². The molecule has 0 saturated heterocycles. The van der Waals surface area contributed by atoms with Crippen molar-refractivity contribution in [2.24, 2.45) is 0 Å². The molecule has 0 amide bonds. The van der Waals surface area contributed by atoms with E-state index in [1.165, 1.54) is 12.0 Å². The third kappa shape index (κ3) is 6.58. The zero-order valence-corrected chi connectivity index (χ0v) is 16.5. The van der Waals surface area contributed by atoms with E-state index in [-0.39, 0.29) is 5.97 Å². The average Bonchev–Trinajstić information content (AvgIpc) is 2.62. The summed E-state index contributed by atoms with van der Waals surface area (Å²) in [5.41, 5.74) is 1.78. The van der Waals surface area contributed by atoms with Crippen LogP contribution in [0.4, 0.5) is 0 Å². The maximum Gasteiger partial charge on any atom is 0.340 e. The van der Waals surface area contributed by atoms with Crippen LogP contribution in [0.3, 0.4) is 0 Å². The minimum atomic E-state index is -0.365. The van der Waals surface area contributed by atoms with E-state index in [2.05, 4.69) is 25.6 Å². The molecule has 0 unspecified atom stereocenters. The number of hydrogen-bond acceptors (Lipinski definition) is 4. The van der Waals surface area contributed by atoms with E-state index in [9.17, 15) is 4.79 Å². The van der Waals surface area contributed by atoms with Gasteiger partial charge in [0.2, 0.25) is 0 Å². The molecule has 0 aromatic heterocycles. The monoisotopic (exact) mass is 359 g/mol. The van der Waals surface area contributed by atoms with Crippen LogP contribution in [0.15, 0.2) is 36.4 Å². The van der Waals surface area contributed by atoms with Crippen molar-refractivity contribution in [2.45, 2.75) is 57.5 Å². The Morgan fingerprint density at radius 3 is 2.38 bits per heavy atom. The van der Waals surface area contributed by atoms with Gasteiger partial charge in [-0.2, -0.15) is 0 Å². The Balaban J connectivity index is 1.81. The van der Waals surface area contributed by atoms with E-state index in [0.29, 0.717) is 29.9 Å². The molecule has 26 heavy (non-hydrogen) atoms. The molecule has 0 bridgehead atoms. The first kappa shape index (κ1) is 20.7. The first-order chi connectivity index (χ1) is 12.5. The minimum absolute atomic E-state index is 0.365. The van der Waals surface area contributed by atoms with Crippen molar-refractivity contribution in [2.75, 3.05) is 27.2 Å². The third-order valence-electron chi connectivity index (χ3n) is 4.88. The molecule has 0 aliphatic heterocycles. The fourth-order valence-corrected chi connectivity index (χ4v) is 3.39. The van der Waals surface area contributed by atoms with Crippen LogP contribution in [-0.2, 0) is 9.53 Å². The Labute approximate surface area is 158 Å². The second-order valence-corrected chi connectivity index (χ2v) is 7.50. The fraction of sp³-hybridized carbons (Fsp3) is 0.591. The molecular weight excluding hydrogens is 326 g/mol. The molecular formula is C22H33NO3. The summed E-state index contributed by atoms with van der Waals surface area (Å²) < 4.78 is 11.4. The van der Waals surface area contributed by atoms with Crippen molar-refractivity contribution < 1.29 is 14.3 Å². The standard InChI is InChI=1S/C22H33NO3/c1-5-6-15-25-20-11-7-18(8-12-20)19-9-13-21(14-10-19)26-22(24)17(2)16-23(3)4/h9-10,13-14,18,20H,2,5-8,11-12,15-16H2,1,3-4H3. The molecule has 144 valence electrons. The van der Waals surface area contributed by atoms with Crippen molar-refractivity contribution >= 4 is 5.97 Å². The first-order valence-electron chi connectivity index (χ1n) is 9.75. The summed E-state index contributed by atoms with van der Waals surface area (Å²) >= 11 is 0. The van der Waals surface area contributed by atoms with Crippen molar-refractivity contribution in [3.8, 4) is 5.75 Å². The molecule has 1 fully saturated rings. The topological polar surface area (TPSA) is 38.8 Å². The Morgan fingerprint density at radius 1 is 1.15 bits per heavy atom. The van der Waals surface area contributed by atoms with Crippen molar-refractivity contribution in [3.05, 3.63) is 42.0 Å². The molecule has 1 aromatic carbocycles. The summed E-state index contributed by atoms with van der Waals surface area (Å²) in [6, 6.07) is 7.94. The smallest absolute Gasteiger partial charge is 0.340 e. The summed E-state index contributed by atoms with van der Waals surface area (Å²) in [5.74, 6) is 0.793. The van der Waals surface area contributed by atoms with E-state index < -0.39 is 0 Å². The highest BCUT2D eigenvalue weighted by molar-refractivity contribution is 5.89. The van der Waals surface area contributed by atoms with Gasteiger partial charge in [0, 0.05) is 18.7 Å². The second-order valence-electron chi connectivity index (χ2n) is 7.50. The van der Waals surface area contributed by atoms with Gasteiger partial charge in [0.25, 0.3) is 0 Å².